The van der Waals surface area contributed by atoms with E-state index in [1.807, 2.05) is 6.07 Å². The summed E-state index contributed by atoms with van der Waals surface area (Å²) in [5, 5.41) is 23.9. The van der Waals surface area contributed by atoms with Crippen LogP contribution in [-0.2, 0) is 4.79 Å². The number of nitrogens with zero attached hydrogens (tertiary/aromatic N) is 1. The zero-order valence-corrected chi connectivity index (χ0v) is 11.0. The van der Waals surface area contributed by atoms with E-state index in [1.54, 1.807) is 24.4 Å². The van der Waals surface area contributed by atoms with E-state index in [2.05, 4.69) is 10.3 Å². The van der Waals surface area contributed by atoms with E-state index >= 15 is 0 Å². The summed E-state index contributed by atoms with van der Waals surface area (Å²) in [6.07, 6.45) is 4.63. The standard InChI is InChI=1S/C15H16N2O3/c18-11-4-3-10-5-8-16-13(12(10)9-11)17-15(14(19)20)6-1-2-7-15/h3-5,8-9,18H,1-2,6-7H2,(H,16,17)(H,19,20). The maximum Gasteiger partial charge on any atom is 0.329 e. The quantitative estimate of drug-likeness (QED) is 0.800. The van der Waals surface area contributed by atoms with E-state index in [9.17, 15) is 15.0 Å². The Morgan fingerprint density at radius 1 is 1.25 bits per heavy atom. The molecule has 1 aromatic carbocycles. The normalized spacial score (nSPS) is 17.2. The summed E-state index contributed by atoms with van der Waals surface area (Å²) >= 11 is 0. The topological polar surface area (TPSA) is 82.5 Å². The zero-order valence-electron chi connectivity index (χ0n) is 11.0. The Balaban J connectivity index is 2.06. The summed E-state index contributed by atoms with van der Waals surface area (Å²) < 4.78 is 0. The van der Waals surface area contributed by atoms with Crippen LogP contribution in [-0.4, -0.2) is 26.7 Å². The lowest BCUT2D eigenvalue weighted by atomic mass is 9.97. The van der Waals surface area contributed by atoms with Crippen LogP contribution in [0, 0.1) is 0 Å². The smallest absolute Gasteiger partial charge is 0.329 e. The highest BCUT2D eigenvalue weighted by molar-refractivity contribution is 5.95. The van der Waals surface area contributed by atoms with Gasteiger partial charge in [0.2, 0.25) is 0 Å². The number of benzene rings is 1. The van der Waals surface area contributed by atoms with Gasteiger partial charge in [-0.25, -0.2) is 9.78 Å². The monoisotopic (exact) mass is 272 g/mol. The van der Waals surface area contributed by atoms with Gasteiger partial charge in [-0.15, -0.1) is 0 Å². The molecule has 0 unspecified atom stereocenters. The third-order valence-electron chi connectivity index (χ3n) is 3.97. The molecule has 1 heterocycles. The molecule has 0 aliphatic heterocycles. The molecule has 20 heavy (non-hydrogen) atoms. The third-order valence-corrected chi connectivity index (χ3v) is 3.97. The maximum absolute atomic E-state index is 11.6. The lowest BCUT2D eigenvalue weighted by molar-refractivity contribution is -0.142. The van der Waals surface area contributed by atoms with Crippen molar-refractivity contribution in [3.63, 3.8) is 0 Å². The molecule has 104 valence electrons. The maximum atomic E-state index is 11.6. The Morgan fingerprint density at radius 2 is 2.00 bits per heavy atom. The summed E-state index contributed by atoms with van der Waals surface area (Å²) in [4.78, 5) is 15.8. The van der Waals surface area contributed by atoms with Crippen LogP contribution in [0.5, 0.6) is 5.75 Å². The van der Waals surface area contributed by atoms with E-state index < -0.39 is 11.5 Å². The third kappa shape index (κ3) is 2.05. The van der Waals surface area contributed by atoms with Gasteiger partial charge >= 0.3 is 5.97 Å². The van der Waals surface area contributed by atoms with Crippen LogP contribution in [0.15, 0.2) is 30.5 Å². The second-order valence-electron chi connectivity index (χ2n) is 5.28. The van der Waals surface area contributed by atoms with Gasteiger partial charge in [0.05, 0.1) is 0 Å². The molecule has 0 radical (unpaired) electrons. The Hall–Kier alpha value is -2.30. The van der Waals surface area contributed by atoms with Crippen LogP contribution in [0.1, 0.15) is 25.7 Å². The Bertz CT molecular complexity index is 663. The van der Waals surface area contributed by atoms with Gasteiger partial charge in [-0.3, -0.25) is 0 Å². The second-order valence-corrected chi connectivity index (χ2v) is 5.28. The zero-order chi connectivity index (χ0) is 14.2. The van der Waals surface area contributed by atoms with Crippen LogP contribution in [0.2, 0.25) is 0 Å². The minimum Gasteiger partial charge on any atom is -0.508 e. The van der Waals surface area contributed by atoms with Gasteiger partial charge in [0, 0.05) is 11.6 Å². The number of rotatable bonds is 3. The SMILES string of the molecule is O=C(O)C1(Nc2nccc3ccc(O)cc23)CCCC1. The Morgan fingerprint density at radius 3 is 2.70 bits per heavy atom. The van der Waals surface area contributed by atoms with Crippen molar-refractivity contribution < 1.29 is 15.0 Å². The number of anilines is 1. The average molecular weight is 272 g/mol. The van der Waals surface area contributed by atoms with Crippen LogP contribution in [0.25, 0.3) is 10.8 Å². The van der Waals surface area contributed by atoms with E-state index in [0.717, 1.165) is 23.6 Å². The molecule has 2 aromatic rings. The van der Waals surface area contributed by atoms with Crippen LogP contribution < -0.4 is 5.32 Å². The number of carboxylic acids is 1. The summed E-state index contributed by atoms with van der Waals surface area (Å²) in [6, 6.07) is 6.84. The number of nitrogens with one attached hydrogen (secondary N) is 1. The van der Waals surface area contributed by atoms with Gasteiger partial charge in [0.1, 0.15) is 17.1 Å². The fraction of sp³-hybridized carbons (Fsp3) is 0.333. The molecule has 0 atom stereocenters. The number of phenolic OH excluding ortho intramolecular Hbond substituents is 1. The van der Waals surface area contributed by atoms with Gasteiger partial charge in [-0.1, -0.05) is 18.9 Å². The van der Waals surface area contributed by atoms with Crippen molar-refractivity contribution in [3.8, 4) is 5.75 Å². The minimum atomic E-state index is -0.938. The molecule has 1 aliphatic rings. The number of hydrogen-bond donors (Lipinski definition) is 3. The lowest BCUT2D eigenvalue weighted by Crippen LogP contribution is -2.43. The highest BCUT2D eigenvalue weighted by Gasteiger charge is 2.41. The van der Waals surface area contributed by atoms with Crippen molar-refractivity contribution in [1.29, 1.82) is 0 Å². The molecule has 1 aliphatic carbocycles. The molecule has 0 saturated heterocycles. The van der Waals surface area contributed by atoms with Crippen molar-refractivity contribution in [2.45, 2.75) is 31.2 Å². The van der Waals surface area contributed by atoms with Crippen LogP contribution in [0.3, 0.4) is 0 Å². The molecule has 3 rings (SSSR count). The number of carbonyl (C=O) groups is 1. The van der Waals surface area contributed by atoms with E-state index in [-0.39, 0.29) is 5.75 Å². The highest BCUT2D eigenvalue weighted by atomic mass is 16.4. The summed E-state index contributed by atoms with van der Waals surface area (Å²) in [5.74, 6) is -0.180. The predicted octanol–water partition coefficient (Wildman–Crippen LogP) is 2.75. The number of phenols is 1. The van der Waals surface area contributed by atoms with Gasteiger partial charge in [0.25, 0.3) is 0 Å². The van der Waals surface area contributed by atoms with Crippen LogP contribution >= 0.6 is 0 Å². The van der Waals surface area contributed by atoms with E-state index in [1.165, 1.54) is 0 Å². The Labute approximate surface area is 116 Å². The molecule has 1 aromatic heterocycles. The van der Waals surface area contributed by atoms with E-state index in [4.69, 9.17) is 0 Å². The average Bonchev–Trinajstić information content (AvgIpc) is 2.89. The molecule has 1 saturated carbocycles. The molecule has 0 amide bonds. The molecule has 0 bridgehead atoms. The summed E-state index contributed by atoms with van der Waals surface area (Å²) in [5.41, 5.74) is -0.938. The fourth-order valence-electron chi connectivity index (χ4n) is 2.85. The molecule has 1 fully saturated rings. The number of hydrogen-bond acceptors (Lipinski definition) is 4. The first-order valence-electron chi connectivity index (χ1n) is 6.70. The molecule has 3 N–H and O–H groups in total. The van der Waals surface area contributed by atoms with Gasteiger partial charge in [-0.2, -0.15) is 0 Å². The summed E-state index contributed by atoms with van der Waals surface area (Å²) in [6.45, 7) is 0. The predicted molar refractivity (Wildman–Crippen MR) is 75.9 cm³/mol. The number of carboxylic acid groups (broad SMARTS) is 1. The highest BCUT2D eigenvalue weighted by Crippen LogP contribution is 2.35. The van der Waals surface area contributed by atoms with Crippen LogP contribution in [0.4, 0.5) is 5.82 Å². The lowest BCUT2D eigenvalue weighted by Gasteiger charge is -2.26. The number of aromatic nitrogens is 1. The van der Waals surface area contributed by atoms with E-state index in [0.29, 0.717) is 18.7 Å². The van der Waals surface area contributed by atoms with Crippen molar-refractivity contribution in [2.24, 2.45) is 0 Å². The summed E-state index contributed by atoms with van der Waals surface area (Å²) in [7, 11) is 0. The van der Waals surface area contributed by atoms with Crippen molar-refractivity contribution >= 4 is 22.6 Å². The molecular formula is C15H16N2O3. The largest absolute Gasteiger partial charge is 0.508 e. The second kappa shape index (κ2) is 4.67. The number of pyridine rings is 1. The number of aromatic hydroxyl groups is 1. The first-order chi connectivity index (χ1) is 9.61. The molecule has 0 spiro atoms. The van der Waals surface area contributed by atoms with Crippen molar-refractivity contribution in [1.82, 2.24) is 4.98 Å². The van der Waals surface area contributed by atoms with Gasteiger partial charge in [-0.05, 0) is 36.4 Å². The molecule has 5 nitrogen and oxygen atoms in total. The Kier molecular flexibility index (Phi) is 2.97. The van der Waals surface area contributed by atoms with Crippen molar-refractivity contribution in [2.75, 3.05) is 5.32 Å². The van der Waals surface area contributed by atoms with Gasteiger partial charge in [0.15, 0.2) is 0 Å². The first kappa shape index (κ1) is 12.7. The number of fused-ring (bicyclic) bond motifs is 1. The molecule has 5 heteroatoms. The van der Waals surface area contributed by atoms with Crippen molar-refractivity contribution in [3.05, 3.63) is 30.5 Å². The first-order valence-corrected chi connectivity index (χ1v) is 6.70. The molecular weight excluding hydrogens is 256 g/mol. The minimum absolute atomic E-state index is 0.143. The fourth-order valence-corrected chi connectivity index (χ4v) is 2.85. The number of aliphatic carboxylic acids is 1. The van der Waals surface area contributed by atoms with Gasteiger partial charge < -0.3 is 15.5 Å².